The highest BCUT2D eigenvalue weighted by atomic mass is 16.3. The van der Waals surface area contributed by atoms with Crippen molar-refractivity contribution in [3.63, 3.8) is 0 Å². The first-order valence-corrected chi connectivity index (χ1v) is 7.38. The topological polar surface area (TPSA) is 44.5 Å². The van der Waals surface area contributed by atoms with Gasteiger partial charge >= 0.3 is 0 Å². The number of piperazine rings is 1. The van der Waals surface area contributed by atoms with Crippen LogP contribution < -0.4 is 0 Å². The maximum Gasteiger partial charge on any atom is 0.131 e. The predicted octanol–water partition coefficient (Wildman–Crippen LogP) is 0.500. The Labute approximate surface area is 114 Å². The van der Waals surface area contributed by atoms with Gasteiger partial charge in [0.2, 0.25) is 0 Å². The van der Waals surface area contributed by atoms with Crippen molar-refractivity contribution in [2.75, 3.05) is 39.8 Å². The van der Waals surface area contributed by atoms with Crippen molar-refractivity contribution >= 4 is 0 Å². The molecule has 1 saturated heterocycles. The third-order valence-corrected chi connectivity index (χ3v) is 4.32. The Morgan fingerprint density at radius 1 is 1.32 bits per heavy atom. The molecule has 2 aliphatic rings. The first-order chi connectivity index (χ1) is 9.22. The average Bonchev–Trinajstić information content (AvgIpc) is 2.83. The van der Waals surface area contributed by atoms with E-state index in [1.807, 2.05) is 4.57 Å². The highest BCUT2D eigenvalue weighted by molar-refractivity contribution is 5.07. The highest BCUT2D eigenvalue weighted by Gasteiger charge is 2.20. The molecule has 5 heteroatoms. The van der Waals surface area contributed by atoms with E-state index in [1.54, 1.807) is 0 Å². The van der Waals surface area contributed by atoms with Crippen molar-refractivity contribution in [3.8, 4) is 0 Å². The molecule has 0 aliphatic carbocycles. The quantitative estimate of drug-likeness (QED) is 0.863. The van der Waals surface area contributed by atoms with Crippen molar-refractivity contribution < 1.29 is 5.11 Å². The van der Waals surface area contributed by atoms with Gasteiger partial charge in [-0.3, -0.25) is 0 Å². The summed E-state index contributed by atoms with van der Waals surface area (Å²) in [7, 11) is 2.18. The summed E-state index contributed by atoms with van der Waals surface area (Å²) in [6, 6.07) is 0. The molecule has 1 fully saturated rings. The van der Waals surface area contributed by atoms with Crippen LogP contribution in [0.3, 0.4) is 0 Å². The van der Waals surface area contributed by atoms with Gasteiger partial charge in [-0.2, -0.15) is 0 Å². The number of rotatable bonds is 3. The summed E-state index contributed by atoms with van der Waals surface area (Å²) < 4.78 is 1.96. The van der Waals surface area contributed by atoms with Crippen molar-refractivity contribution in [1.29, 1.82) is 0 Å². The van der Waals surface area contributed by atoms with Gasteiger partial charge in [0.1, 0.15) is 12.1 Å². The van der Waals surface area contributed by atoms with Gasteiger partial charge in [-0.25, -0.2) is 4.98 Å². The van der Waals surface area contributed by atoms with E-state index in [2.05, 4.69) is 28.0 Å². The van der Waals surface area contributed by atoms with Crippen LogP contribution >= 0.6 is 0 Å². The van der Waals surface area contributed by atoms with Crippen LogP contribution in [0.1, 0.15) is 30.6 Å². The fourth-order valence-electron chi connectivity index (χ4n) is 2.98. The molecule has 0 saturated carbocycles. The molecule has 3 rings (SSSR count). The molecule has 5 nitrogen and oxygen atoms in total. The van der Waals surface area contributed by atoms with E-state index in [9.17, 15) is 5.11 Å². The summed E-state index contributed by atoms with van der Waals surface area (Å²) in [6.45, 7) is 5.73. The van der Waals surface area contributed by atoms with Gasteiger partial charge in [0.15, 0.2) is 0 Å². The highest BCUT2D eigenvalue weighted by Crippen LogP contribution is 2.22. The van der Waals surface area contributed by atoms with Gasteiger partial charge in [-0.15, -0.1) is 0 Å². The number of aliphatic hydroxyl groups is 1. The summed E-state index contributed by atoms with van der Waals surface area (Å²) in [4.78, 5) is 9.55. The monoisotopic (exact) mass is 264 g/mol. The second kappa shape index (κ2) is 5.61. The first-order valence-electron chi connectivity index (χ1n) is 7.38. The lowest BCUT2D eigenvalue weighted by molar-refractivity contribution is 0.0780. The number of fused-ring (bicyclic) bond motifs is 1. The number of aliphatic hydroxyl groups excluding tert-OH is 1. The number of likely N-dealkylation sites (N-methyl/N-ethyl adjacent to an activating group) is 1. The van der Waals surface area contributed by atoms with Crippen molar-refractivity contribution in [2.45, 2.75) is 31.9 Å². The zero-order chi connectivity index (χ0) is 13.2. The number of imidazole rings is 1. The van der Waals surface area contributed by atoms with Crippen LogP contribution in [0, 0.1) is 0 Å². The lowest BCUT2D eigenvalue weighted by atomic mass is 10.1. The lowest BCUT2D eigenvalue weighted by Gasteiger charge is -2.32. The standard InChI is InChI=1S/C14H24N4O/c1-16-7-9-17(10-8-16)6-5-12-11-18-13(15-12)3-2-4-14(18)19/h11,14,19H,2-10H2,1H3. The molecule has 1 N–H and O–H groups in total. The molecule has 19 heavy (non-hydrogen) atoms. The number of nitrogens with zero attached hydrogens (tertiary/aromatic N) is 4. The first kappa shape index (κ1) is 13.1. The molecule has 1 atom stereocenters. The third-order valence-electron chi connectivity index (χ3n) is 4.32. The van der Waals surface area contributed by atoms with E-state index in [0.29, 0.717) is 0 Å². The van der Waals surface area contributed by atoms with Gasteiger partial charge in [-0.1, -0.05) is 0 Å². The smallest absolute Gasteiger partial charge is 0.131 e. The molecule has 2 aliphatic heterocycles. The Bertz CT molecular complexity index is 423. The molecular weight excluding hydrogens is 240 g/mol. The Hall–Kier alpha value is -0.910. The van der Waals surface area contributed by atoms with Crippen molar-refractivity contribution in [1.82, 2.24) is 19.4 Å². The Morgan fingerprint density at radius 3 is 2.84 bits per heavy atom. The zero-order valence-corrected chi connectivity index (χ0v) is 11.8. The molecule has 0 aromatic carbocycles. The second-order valence-electron chi connectivity index (χ2n) is 5.82. The molecule has 1 aromatic heterocycles. The third kappa shape index (κ3) is 2.99. The van der Waals surface area contributed by atoms with Crippen LogP contribution in [-0.2, 0) is 12.8 Å². The fraction of sp³-hybridized carbons (Fsp3) is 0.786. The van der Waals surface area contributed by atoms with Gasteiger partial charge in [0.25, 0.3) is 0 Å². The van der Waals surface area contributed by atoms with E-state index in [-0.39, 0.29) is 6.23 Å². The van der Waals surface area contributed by atoms with Crippen LogP contribution in [0.4, 0.5) is 0 Å². The van der Waals surface area contributed by atoms with Gasteiger partial charge in [-0.05, 0) is 19.9 Å². The van der Waals surface area contributed by atoms with E-state index in [4.69, 9.17) is 0 Å². The maximum atomic E-state index is 9.93. The van der Waals surface area contributed by atoms with Crippen molar-refractivity contribution in [2.24, 2.45) is 0 Å². The van der Waals surface area contributed by atoms with Crippen LogP contribution in [0.15, 0.2) is 6.20 Å². The molecule has 0 radical (unpaired) electrons. The number of hydrogen-bond donors (Lipinski definition) is 1. The minimum absolute atomic E-state index is 0.353. The SMILES string of the molecule is CN1CCN(CCc2cn3c(n2)CCCC3O)CC1. The predicted molar refractivity (Wildman–Crippen MR) is 74.1 cm³/mol. The zero-order valence-electron chi connectivity index (χ0n) is 11.8. The summed E-state index contributed by atoms with van der Waals surface area (Å²) in [5.74, 6) is 1.06. The van der Waals surface area contributed by atoms with Crippen LogP contribution in [0.2, 0.25) is 0 Å². The Morgan fingerprint density at radius 2 is 2.11 bits per heavy atom. The molecule has 3 heterocycles. The lowest BCUT2D eigenvalue weighted by Crippen LogP contribution is -2.45. The van der Waals surface area contributed by atoms with Crippen LogP contribution in [0.25, 0.3) is 0 Å². The minimum Gasteiger partial charge on any atom is -0.373 e. The second-order valence-corrected chi connectivity index (χ2v) is 5.82. The molecule has 0 spiro atoms. The molecule has 0 amide bonds. The summed E-state index contributed by atoms with van der Waals surface area (Å²) in [6.07, 6.45) is 5.61. The maximum absolute atomic E-state index is 9.93. The van der Waals surface area contributed by atoms with Crippen LogP contribution in [0.5, 0.6) is 0 Å². The van der Waals surface area contributed by atoms with E-state index >= 15 is 0 Å². The van der Waals surface area contributed by atoms with Crippen molar-refractivity contribution in [3.05, 3.63) is 17.7 Å². The van der Waals surface area contributed by atoms with E-state index in [0.717, 1.165) is 56.8 Å². The fourth-order valence-corrected chi connectivity index (χ4v) is 2.98. The van der Waals surface area contributed by atoms with Gasteiger partial charge in [0.05, 0.1) is 5.69 Å². The number of aryl methyl sites for hydroxylation is 1. The number of aromatic nitrogens is 2. The molecule has 0 bridgehead atoms. The minimum atomic E-state index is -0.353. The Balaban J connectivity index is 1.56. The van der Waals surface area contributed by atoms with E-state index in [1.165, 1.54) is 13.1 Å². The summed E-state index contributed by atoms with van der Waals surface area (Å²) >= 11 is 0. The normalized spacial score (nSPS) is 25.5. The van der Waals surface area contributed by atoms with Gasteiger partial charge < -0.3 is 19.5 Å². The average molecular weight is 264 g/mol. The van der Waals surface area contributed by atoms with E-state index < -0.39 is 0 Å². The Kier molecular flexibility index (Phi) is 3.86. The van der Waals surface area contributed by atoms with Gasteiger partial charge in [0, 0.05) is 51.8 Å². The number of hydrogen-bond acceptors (Lipinski definition) is 4. The summed E-state index contributed by atoms with van der Waals surface area (Å²) in [5.41, 5.74) is 1.13. The molecule has 1 unspecified atom stereocenters. The summed E-state index contributed by atoms with van der Waals surface area (Å²) in [5, 5.41) is 9.93. The molecule has 106 valence electrons. The largest absolute Gasteiger partial charge is 0.373 e. The van der Waals surface area contributed by atoms with Crippen LogP contribution in [-0.4, -0.2) is 64.2 Å². The molecule has 1 aromatic rings. The molecular formula is C14H24N4O.